The molecule has 0 saturated heterocycles. The maximum absolute atomic E-state index is 9.75. The second-order valence-electron chi connectivity index (χ2n) is 3.25. The van der Waals surface area contributed by atoms with E-state index in [0.717, 1.165) is 6.07 Å². The third-order valence-corrected chi connectivity index (χ3v) is 2.71. The average Bonchev–Trinajstić information content (AvgIpc) is 2.29. The van der Waals surface area contributed by atoms with Gasteiger partial charge in [0.2, 0.25) is 0 Å². The van der Waals surface area contributed by atoms with Crippen molar-refractivity contribution in [3.8, 4) is 5.75 Å². The van der Waals surface area contributed by atoms with Gasteiger partial charge in [0.15, 0.2) is 0 Å². The average molecular weight is 278 g/mol. The first kappa shape index (κ1) is 13.9. The largest absolute Gasteiger partial charge is 0.506 e. The van der Waals surface area contributed by atoms with Crippen molar-refractivity contribution in [2.24, 2.45) is 5.11 Å². The number of nitrogens with zero attached hydrogens (tertiary/aromatic N) is 3. The number of hydrogen-bond donors (Lipinski definition) is 3. The minimum Gasteiger partial charge on any atom is -0.506 e. The van der Waals surface area contributed by atoms with E-state index in [1.807, 2.05) is 0 Å². The number of halogens is 2. The lowest BCUT2D eigenvalue weighted by Crippen LogP contribution is -2.21. The smallest absolute Gasteiger partial charge is 0.135 e. The summed E-state index contributed by atoms with van der Waals surface area (Å²) < 4.78 is 0. The molecule has 0 saturated carbocycles. The van der Waals surface area contributed by atoms with E-state index in [9.17, 15) is 15.3 Å². The number of hydrogen-bond acceptors (Lipinski definition) is 4. The highest BCUT2D eigenvalue weighted by Crippen LogP contribution is 2.34. The maximum atomic E-state index is 9.75. The van der Waals surface area contributed by atoms with Gasteiger partial charge in [-0.15, -0.1) is 0 Å². The van der Waals surface area contributed by atoms with E-state index in [-0.39, 0.29) is 27.9 Å². The molecule has 17 heavy (non-hydrogen) atoms. The van der Waals surface area contributed by atoms with E-state index in [0.29, 0.717) is 0 Å². The van der Waals surface area contributed by atoms with Crippen molar-refractivity contribution in [2.45, 2.75) is 12.2 Å². The third-order valence-electron chi connectivity index (χ3n) is 2.08. The van der Waals surface area contributed by atoms with Gasteiger partial charge in [0.25, 0.3) is 0 Å². The summed E-state index contributed by atoms with van der Waals surface area (Å²) in [4.78, 5) is 2.46. The Hall–Kier alpha value is -1.17. The second-order valence-corrected chi connectivity index (χ2v) is 4.07. The molecule has 2 unspecified atom stereocenters. The molecule has 0 radical (unpaired) electrons. The van der Waals surface area contributed by atoms with E-state index in [1.165, 1.54) is 6.07 Å². The summed E-state index contributed by atoms with van der Waals surface area (Å²) >= 11 is 11.4. The quantitative estimate of drug-likeness (QED) is 0.446. The number of azide groups is 1. The van der Waals surface area contributed by atoms with Gasteiger partial charge >= 0.3 is 0 Å². The molecule has 8 heteroatoms. The minimum atomic E-state index is -1.36. The van der Waals surface area contributed by atoms with Crippen LogP contribution in [0, 0.1) is 0 Å². The highest BCUT2D eigenvalue weighted by Gasteiger charge is 2.21. The Bertz CT molecular complexity index is 463. The first-order valence-electron chi connectivity index (χ1n) is 4.52. The first-order chi connectivity index (χ1) is 7.97. The van der Waals surface area contributed by atoms with Gasteiger partial charge in [-0.3, -0.25) is 0 Å². The highest BCUT2D eigenvalue weighted by atomic mass is 35.5. The molecule has 1 aromatic carbocycles. The Labute approximate surface area is 107 Å². The Morgan fingerprint density at radius 3 is 2.53 bits per heavy atom. The van der Waals surface area contributed by atoms with Gasteiger partial charge in [0.1, 0.15) is 11.9 Å². The van der Waals surface area contributed by atoms with Crippen LogP contribution in [0.3, 0.4) is 0 Å². The van der Waals surface area contributed by atoms with Crippen LogP contribution in [-0.4, -0.2) is 28.0 Å². The fraction of sp³-hybridized carbons (Fsp3) is 0.333. The molecule has 0 bridgehead atoms. The Kier molecular flexibility index (Phi) is 4.86. The first-order valence-corrected chi connectivity index (χ1v) is 5.28. The van der Waals surface area contributed by atoms with Gasteiger partial charge < -0.3 is 15.3 Å². The standard InChI is InChI=1S/C9H9Cl2N3O3/c10-5-2-7(15)6(11)1-4(5)9(17)8(16)3-13-14-12/h1-2,8-9,15-17H,3H2. The molecule has 1 aromatic rings. The maximum Gasteiger partial charge on any atom is 0.135 e. The fourth-order valence-electron chi connectivity index (χ4n) is 1.21. The van der Waals surface area contributed by atoms with Crippen molar-refractivity contribution in [2.75, 3.05) is 6.54 Å². The number of phenolic OH excluding ortho intramolecular Hbond substituents is 1. The molecule has 0 aliphatic rings. The monoisotopic (exact) mass is 277 g/mol. The molecule has 6 nitrogen and oxygen atoms in total. The van der Waals surface area contributed by atoms with Crippen LogP contribution < -0.4 is 0 Å². The number of aliphatic hydroxyl groups excluding tert-OH is 2. The van der Waals surface area contributed by atoms with Crippen LogP contribution in [0.15, 0.2) is 17.2 Å². The lowest BCUT2D eigenvalue weighted by molar-refractivity contribution is 0.0244. The van der Waals surface area contributed by atoms with E-state index < -0.39 is 12.2 Å². The van der Waals surface area contributed by atoms with Gasteiger partial charge in [-0.2, -0.15) is 0 Å². The van der Waals surface area contributed by atoms with Crippen LogP contribution in [0.2, 0.25) is 10.0 Å². The van der Waals surface area contributed by atoms with E-state index in [1.54, 1.807) is 0 Å². The van der Waals surface area contributed by atoms with Gasteiger partial charge in [-0.05, 0) is 11.6 Å². The van der Waals surface area contributed by atoms with Crippen LogP contribution in [0.25, 0.3) is 10.4 Å². The summed E-state index contributed by atoms with van der Waals surface area (Å²) in [5.74, 6) is -0.225. The predicted octanol–water partition coefficient (Wildman–Crippen LogP) is 2.40. The van der Waals surface area contributed by atoms with Crippen molar-refractivity contribution in [1.29, 1.82) is 0 Å². The number of phenols is 1. The molecule has 0 amide bonds. The molecule has 1 rings (SSSR count). The zero-order valence-electron chi connectivity index (χ0n) is 8.46. The lowest BCUT2D eigenvalue weighted by Gasteiger charge is -2.18. The van der Waals surface area contributed by atoms with Crippen LogP contribution in [0.1, 0.15) is 11.7 Å². The number of aliphatic hydroxyl groups is 2. The van der Waals surface area contributed by atoms with E-state index in [4.69, 9.17) is 28.7 Å². The lowest BCUT2D eigenvalue weighted by atomic mass is 10.0. The number of benzene rings is 1. The summed E-state index contributed by atoms with van der Waals surface area (Å²) in [7, 11) is 0. The number of rotatable bonds is 4. The van der Waals surface area contributed by atoms with Crippen LogP contribution >= 0.6 is 23.2 Å². The molecule has 0 aliphatic heterocycles. The highest BCUT2D eigenvalue weighted by molar-refractivity contribution is 6.34. The van der Waals surface area contributed by atoms with E-state index >= 15 is 0 Å². The van der Waals surface area contributed by atoms with Crippen molar-refractivity contribution in [3.63, 3.8) is 0 Å². The second kappa shape index (κ2) is 5.95. The molecule has 2 atom stereocenters. The molecule has 3 N–H and O–H groups in total. The summed E-state index contributed by atoms with van der Waals surface area (Å²) in [5, 5.41) is 31.7. The Morgan fingerprint density at radius 2 is 1.94 bits per heavy atom. The SMILES string of the molecule is [N-]=[N+]=NCC(O)C(O)c1cc(Cl)c(O)cc1Cl. The van der Waals surface area contributed by atoms with Gasteiger partial charge in [0.05, 0.1) is 22.7 Å². The topological polar surface area (TPSA) is 109 Å². The Balaban J connectivity index is 2.99. The summed E-state index contributed by atoms with van der Waals surface area (Å²) in [6, 6.07) is 2.39. The third kappa shape index (κ3) is 3.39. The molecule has 92 valence electrons. The van der Waals surface area contributed by atoms with Crippen molar-refractivity contribution in [3.05, 3.63) is 38.2 Å². The molecule has 0 spiro atoms. The zero-order chi connectivity index (χ0) is 13.0. The van der Waals surface area contributed by atoms with Gasteiger partial charge in [-0.25, -0.2) is 0 Å². The molecular weight excluding hydrogens is 269 g/mol. The summed E-state index contributed by atoms with van der Waals surface area (Å²) in [6.07, 6.45) is -2.66. The Morgan fingerprint density at radius 1 is 1.29 bits per heavy atom. The predicted molar refractivity (Wildman–Crippen MR) is 63.1 cm³/mol. The normalized spacial score (nSPS) is 13.9. The van der Waals surface area contributed by atoms with Gasteiger partial charge in [0, 0.05) is 16.5 Å². The van der Waals surface area contributed by atoms with Crippen molar-refractivity contribution < 1.29 is 15.3 Å². The number of aromatic hydroxyl groups is 1. The molecular formula is C9H9Cl2N3O3. The van der Waals surface area contributed by atoms with E-state index in [2.05, 4.69) is 10.0 Å². The summed E-state index contributed by atoms with van der Waals surface area (Å²) in [5.41, 5.74) is 8.24. The molecule has 0 fully saturated rings. The van der Waals surface area contributed by atoms with Crippen molar-refractivity contribution in [1.82, 2.24) is 0 Å². The van der Waals surface area contributed by atoms with Crippen LogP contribution in [-0.2, 0) is 0 Å². The zero-order valence-corrected chi connectivity index (χ0v) is 9.97. The molecule has 0 aliphatic carbocycles. The minimum absolute atomic E-state index is 0.000524. The summed E-state index contributed by atoms with van der Waals surface area (Å²) in [6.45, 7) is -0.299. The molecule has 0 heterocycles. The molecule has 0 aromatic heterocycles. The van der Waals surface area contributed by atoms with Crippen LogP contribution in [0.4, 0.5) is 0 Å². The van der Waals surface area contributed by atoms with Crippen LogP contribution in [0.5, 0.6) is 5.75 Å². The fourth-order valence-corrected chi connectivity index (χ4v) is 1.65. The van der Waals surface area contributed by atoms with Gasteiger partial charge in [-0.1, -0.05) is 28.3 Å². The van der Waals surface area contributed by atoms with Crippen molar-refractivity contribution >= 4 is 23.2 Å².